The maximum atomic E-state index is 13.5. The van der Waals surface area contributed by atoms with E-state index in [-0.39, 0.29) is 11.7 Å². The molecule has 2 aromatic rings. The number of likely N-dealkylation sites (tertiary alicyclic amines) is 1. The highest BCUT2D eigenvalue weighted by Crippen LogP contribution is 2.39. The van der Waals surface area contributed by atoms with E-state index in [1.54, 1.807) is 15.6 Å². The van der Waals surface area contributed by atoms with Crippen LogP contribution in [0.3, 0.4) is 0 Å². The maximum Gasteiger partial charge on any atom is 0.223 e. The molecule has 24 heavy (non-hydrogen) atoms. The molecule has 1 amide bonds. The molecule has 1 unspecified atom stereocenters. The predicted octanol–water partition coefficient (Wildman–Crippen LogP) is 2.65. The second-order valence-corrected chi connectivity index (χ2v) is 6.46. The zero-order valence-electron chi connectivity index (χ0n) is 14.1. The predicted molar refractivity (Wildman–Crippen MR) is 86.3 cm³/mol. The molecule has 1 atom stereocenters. The Morgan fingerprint density at radius 1 is 1.38 bits per heavy atom. The highest BCUT2D eigenvalue weighted by molar-refractivity contribution is 5.79. The van der Waals surface area contributed by atoms with Crippen molar-refractivity contribution in [2.45, 2.75) is 58.2 Å². The molecule has 6 nitrogen and oxygen atoms in total. The number of aryl methyl sites for hydroxylation is 1. The molecule has 0 aliphatic carbocycles. The van der Waals surface area contributed by atoms with Gasteiger partial charge < -0.3 is 4.90 Å². The van der Waals surface area contributed by atoms with E-state index in [0.29, 0.717) is 25.2 Å². The van der Waals surface area contributed by atoms with Crippen LogP contribution in [0, 0.1) is 5.82 Å². The first kappa shape index (κ1) is 16.5. The number of rotatable bonds is 6. The van der Waals surface area contributed by atoms with E-state index in [9.17, 15) is 9.18 Å². The first-order chi connectivity index (χ1) is 11.5. The number of tetrazole rings is 1. The van der Waals surface area contributed by atoms with Crippen molar-refractivity contribution in [1.29, 1.82) is 0 Å². The Hall–Kier alpha value is -2.31. The van der Waals surface area contributed by atoms with Gasteiger partial charge in [-0.05, 0) is 47.9 Å². The third kappa shape index (κ3) is 3.02. The Morgan fingerprint density at radius 2 is 2.21 bits per heavy atom. The molecule has 2 heterocycles. The summed E-state index contributed by atoms with van der Waals surface area (Å²) in [5.41, 5.74) is 0.199. The van der Waals surface area contributed by atoms with Crippen molar-refractivity contribution in [2.75, 3.05) is 0 Å². The fraction of sp³-hybridized carbons (Fsp3) is 0.529. The molecule has 1 aromatic heterocycles. The lowest BCUT2D eigenvalue weighted by Crippen LogP contribution is -2.42. The number of hydrogen-bond donors (Lipinski definition) is 0. The lowest BCUT2D eigenvalue weighted by molar-refractivity contribution is -0.132. The Bertz CT molecular complexity index is 731. The summed E-state index contributed by atoms with van der Waals surface area (Å²) in [6, 6.07) is 6.36. The molecule has 0 bridgehead atoms. The van der Waals surface area contributed by atoms with Gasteiger partial charge in [-0.2, -0.15) is 0 Å². The van der Waals surface area contributed by atoms with Crippen molar-refractivity contribution in [3.63, 3.8) is 0 Å². The monoisotopic (exact) mass is 331 g/mol. The lowest BCUT2D eigenvalue weighted by Gasteiger charge is -2.34. The fourth-order valence-corrected chi connectivity index (χ4v) is 3.26. The molecule has 7 heteroatoms. The second-order valence-electron chi connectivity index (χ2n) is 6.46. The molecule has 1 fully saturated rings. The van der Waals surface area contributed by atoms with Gasteiger partial charge in [0.1, 0.15) is 11.4 Å². The number of carbonyl (C=O) groups is 1. The van der Waals surface area contributed by atoms with Crippen LogP contribution in [0.4, 0.5) is 4.39 Å². The molecular formula is C17H22FN5O. The molecule has 1 aliphatic rings. The summed E-state index contributed by atoms with van der Waals surface area (Å²) in [7, 11) is 0. The molecule has 0 radical (unpaired) electrons. The van der Waals surface area contributed by atoms with Gasteiger partial charge in [-0.3, -0.25) is 4.79 Å². The zero-order chi connectivity index (χ0) is 17.2. The van der Waals surface area contributed by atoms with E-state index in [0.717, 1.165) is 24.9 Å². The van der Waals surface area contributed by atoms with Crippen LogP contribution in [0.25, 0.3) is 0 Å². The smallest absolute Gasteiger partial charge is 0.223 e. The van der Waals surface area contributed by atoms with Gasteiger partial charge in [0.25, 0.3) is 0 Å². The molecule has 0 spiro atoms. The second kappa shape index (κ2) is 6.67. The van der Waals surface area contributed by atoms with E-state index in [1.807, 2.05) is 13.0 Å². The SMILES string of the molecule is CCCCn1nnnc1C1(C)CCC(=O)N1Cc1cccc(F)c1. The molecule has 1 aliphatic heterocycles. The Kier molecular flexibility index (Phi) is 4.59. The van der Waals surface area contributed by atoms with Crippen LogP contribution in [-0.4, -0.2) is 31.0 Å². The molecule has 1 saturated heterocycles. The molecule has 128 valence electrons. The summed E-state index contributed by atoms with van der Waals surface area (Å²) in [6.45, 7) is 5.19. The number of amides is 1. The number of unbranched alkanes of at least 4 members (excludes halogenated alkanes) is 1. The summed E-state index contributed by atoms with van der Waals surface area (Å²) >= 11 is 0. The van der Waals surface area contributed by atoms with E-state index in [4.69, 9.17) is 0 Å². The highest BCUT2D eigenvalue weighted by atomic mass is 19.1. The topological polar surface area (TPSA) is 63.9 Å². The van der Waals surface area contributed by atoms with E-state index in [2.05, 4.69) is 22.4 Å². The van der Waals surface area contributed by atoms with Gasteiger partial charge in [-0.1, -0.05) is 25.5 Å². The van der Waals surface area contributed by atoms with E-state index < -0.39 is 5.54 Å². The Morgan fingerprint density at radius 3 is 2.96 bits per heavy atom. The first-order valence-electron chi connectivity index (χ1n) is 8.36. The van der Waals surface area contributed by atoms with Gasteiger partial charge in [0.05, 0.1) is 0 Å². The maximum absolute atomic E-state index is 13.5. The number of hydrogen-bond acceptors (Lipinski definition) is 4. The van der Waals surface area contributed by atoms with E-state index in [1.165, 1.54) is 12.1 Å². The van der Waals surface area contributed by atoms with Crippen LogP contribution in [0.1, 0.15) is 50.9 Å². The van der Waals surface area contributed by atoms with Crippen LogP contribution < -0.4 is 0 Å². The van der Waals surface area contributed by atoms with Crippen LogP contribution in [0.2, 0.25) is 0 Å². The van der Waals surface area contributed by atoms with Gasteiger partial charge in [0, 0.05) is 19.5 Å². The minimum Gasteiger partial charge on any atom is -0.326 e. The van der Waals surface area contributed by atoms with Gasteiger partial charge in [0.2, 0.25) is 5.91 Å². The van der Waals surface area contributed by atoms with Crippen LogP contribution in [-0.2, 0) is 23.4 Å². The summed E-state index contributed by atoms with van der Waals surface area (Å²) in [6.07, 6.45) is 3.13. The minimum absolute atomic E-state index is 0.0480. The van der Waals surface area contributed by atoms with Crippen LogP contribution >= 0.6 is 0 Å². The average Bonchev–Trinajstić information content (AvgIpc) is 3.14. The summed E-state index contributed by atoms with van der Waals surface area (Å²) in [5.74, 6) is 0.457. The molecule has 3 rings (SSSR count). The minimum atomic E-state index is -0.569. The van der Waals surface area contributed by atoms with Crippen LogP contribution in [0.5, 0.6) is 0 Å². The van der Waals surface area contributed by atoms with Crippen molar-refractivity contribution in [3.8, 4) is 0 Å². The lowest BCUT2D eigenvalue weighted by atomic mass is 9.97. The molecule has 1 aromatic carbocycles. The van der Waals surface area contributed by atoms with Crippen molar-refractivity contribution >= 4 is 5.91 Å². The number of nitrogens with zero attached hydrogens (tertiary/aromatic N) is 5. The van der Waals surface area contributed by atoms with Crippen molar-refractivity contribution in [3.05, 3.63) is 41.5 Å². The van der Waals surface area contributed by atoms with Gasteiger partial charge >= 0.3 is 0 Å². The number of aromatic nitrogens is 4. The van der Waals surface area contributed by atoms with Gasteiger partial charge in [0.15, 0.2) is 5.82 Å². The van der Waals surface area contributed by atoms with Gasteiger partial charge in [-0.25, -0.2) is 9.07 Å². The number of carbonyl (C=O) groups excluding carboxylic acids is 1. The summed E-state index contributed by atoms with van der Waals surface area (Å²) in [4.78, 5) is 14.2. The number of benzene rings is 1. The summed E-state index contributed by atoms with van der Waals surface area (Å²) < 4.78 is 15.3. The summed E-state index contributed by atoms with van der Waals surface area (Å²) in [5, 5.41) is 12.1. The Labute approximate surface area is 140 Å². The zero-order valence-corrected chi connectivity index (χ0v) is 14.1. The molecule has 0 saturated carbocycles. The Balaban J connectivity index is 1.90. The quantitative estimate of drug-likeness (QED) is 0.816. The number of halogens is 1. The largest absolute Gasteiger partial charge is 0.326 e. The third-order valence-corrected chi connectivity index (χ3v) is 4.69. The van der Waals surface area contributed by atoms with Crippen molar-refractivity contribution in [1.82, 2.24) is 25.1 Å². The third-order valence-electron chi connectivity index (χ3n) is 4.69. The standard InChI is InChI=1S/C17H22FN5O/c1-3-4-10-23-16(19-20-21-23)17(2)9-8-15(24)22(17)12-13-6-5-7-14(18)11-13/h5-7,11H,3-4,8-10,12H2,1-2H3. The van der Waals surface area contributed by atoms with Crippen molar-refractivity contribution in [2.24, 2.45) is 0 Å². The van der Waals surface area contributed by atoms with Crippen LogP contribution in [0.15, 0.2) is 24.3 Å². The van der Waals surface area contributed by atoms with Gasteiger partial charge in [-0.15, -0.1) is 5.10 Å². The average molecular weight is 331 g/mol. The highest BCUT2D eigenvalue weighted by Gasteiger charge is 2.46. The normalized spacial score (nSPS) is 20.8. The molecule has 0 N–H and O–H groups in total. The first-order valence-corrected chi connectivity index (χ1v) is 8.36. The van der Waals surface area contributed by atoms with Crippen molar-refractivity contribution < 1.29 is 9.18 Å². The van der Waals surface area contributed by atoms with E-state index >= 15 is 0 Å². The molecular weight excluding hydrogens is 309 g/mol. The fourth-order valence-electron chi connectivity index (χ4n) is 3.26.